The summed E-state index contributed by atoms with van der Waals surface area (Å²) in [6, 6.07) is 7.07. The SMILES string of the molecule is COc1cc(C(=O)Nc2cc(C(C)(C)C)nn2C(C)(C)C)ccc1OCc1cscn1. The second-order valence-corrected chi connectivity index (χ2v) is 10.1. The van der Waals surface area contributed by atoms with Gasteiger partial charge in [-0.2, -0.15) is 5.10 Å². The Labute approximate surface area is 187 Å². The molecule has 7 nitrogen and oxygen atoms in total. The third-order valence-electron chi connectivity index (χ3n) is 4.64. The number of methoxy groups -OCH3 is 1. The minimum absolute atomic E-state index is 0.129. The molecule has 2 heterocycles. The topological polar surface area (TPSA) is 78.3 Å². The van der Waals surface area contributed by atoms with Gasteiger partial charge < -0.3 is 14.8 Å². The zero-order chi connectivity index (χ0) is 22.8. The van der Waals surface area contributed by atoms with Gasteiger partial charge in [-0.25, -0.2) is 9.67 Å². The van der Waals surface area contributed by atoms with Crippen LogP contribution in [0.3, 0.4) is 0 Å². The molecular formula is C23H30N4O3S. The number of ether oxygens (including phenoxy) is 2. The van der Waals surface area contributed by atoms with Crippen molar-refractivity contribution in [1.82, 2.24) is 14.8 Å². The molecule has 0 aliphatic carbocycles. The molecule has 166 valence electrons. The van der Waals surface area contributed by atoms with Crippen LogP contribution in [0.4, 0.5) is 5.82 Å². The molecule has 0 saturated heterocycles. The largest absolute Gasteiger partial charge is 0.493 e. The summed E-state index contributed by atoms with van der Waals surface area (Å²) in [5.74, 6) is 1.46. The van der Waals surface area contributed by atoms with E-state index in [1.165, 1.54) is 11.3 Å². The van der Waals surface area contributed by atoms with Crippen LogP contribution in [0.25, 0.3) is 0 Å². The number of aromatic nitrogens is 3. The van der Waals surface area contributed by atoms with Crippen molar-refractivity contribution >= 4 is 23.1 Å². The van der Waals surface area contributed by atoms with Crippen LogP contribution in [-0.4, -0.2) is 27.8 Å². The average molecular weight is 443 g/mol. The number of rotatable bonds is 6. The van der Waals surface area contributed by atoms with Gasteiger partial charge in [0.15, 0.2) is 11.5 Å². The summed E-state index contributed by atoms with van der Waals surface area (Å²) in [5.41, 5.74) is 3.58. The fourth-order valence-corrected chi connectivity index (χ4v) is 3.47. The molecule has 3 rings (SSSR count). The minimum atomic E-state index is -0.281. The zero-order valence-corrected chi connectivity index (χ0v) is 20.0. The molecule has 0 unspecified atom stereocenters. The summed E-state index contributed by atoms with van der Waals surface area (Å²) in [6.07, 6.45) is 0. The second kappa shape index (κ2) is 8.70. The van der Waals surface area contributed by atoms with Crippen molar-refractivity contribution in [3.05, 3.63) is 52.1 Å². The average Bonchev–Trinajstić information content (AvgIpc) is 3.35. The molecule has 0 saturated carbocycles. The van der Waals surface area contributed by atoms with E-state index in [-0.39, 0.29) is 16.9 Å². The number of benzene rings is 1. The molecule has 0 bridgehead atoms. The number of anilines is 1. The van der Waals surface area contributed by atoms with Crippen LogP contribution in [0.1, 0.15) is 63.3 Å². The number of nitrogens with zero attached hydrogens (tertiary/aromatic N) is 3. The molecule has 31 heavy (non-hydrogen) atoms. The summed E-state index contributed by atoms with van der Waals surface area (Å²) in [5, 5.41) is 9.68. The molecule has 2 aromatic heterocycles. The van der Waals surface area contributed by atoms with E-state index < -0.39 is 0 Å². The van der Waals surface area contributed by atoms with E-state index in [0.29, 0.717) is 29.5 Å². The number of nitrogens with one attached hydrogen (secondary N) is 1. The Balaban J connectivity index is 1.82. The zero-order valence-electron chi connectivity index (χ0n) is 19.1. The van der Waals surface area contributed by atoms with Gasteiger partial charge >= 0.3 is 0 Å². The second-order valence-electron chi connectivity index (χ2n) is 9.34. The van der Waals surface area contributed by atoms with Crippen LogP contribution in [0.5, 0.6) is 11.5 Å². The first-order chi connectivity index (χ1) is 14.5. The fourth-order valence-electron chi connectivity index (χ4n) is 2.93. The molecule has 0 spiro atoms. The van der Waals surface area contributed by atoms with E-state index >= 15 is 0 Å². The fraction of sp³-hybridized carbons (Fsp3) is 0.435. The van der Waals surface area contributed by atoms with Gasteiger partial charge in [-0.15, -0.1) is 11.3 Å². The van der Waals surface area contributed by atoms with Crippen molar-refractivity contribution in [2.24, 2.45) is 0 Å². The van der Waals surface area contributed by atoms with Gasteiger partial charge in [0.2, 0.25) is 0 Å². The molecule has 3 aromatic rings. The van der Waals surface area contributed by atoms with Gasteiger partial charge in [0.1, 0.15) is 12.4 Å². The lowest BCUT2D eigenvalue weighted by molar-refractivity contribution is 0.102. The Morgan fingerprint density at radius 1 is 1.13 bits per heavy atom. The van der Waals surface area contributed by atoms with E-state index in [1.807, 2.05) is 16.1 Å². The molecule has 1 aromatic carbocycles. The summed E-state index contributed by atoms with van der Waals surface area (Å²) in [7, 11) is 1.55. The number of amides is 1. The first kappa shape index (κ1) is 22.8. The van der Waals surface area contributed by atoms with Crippen molar-refractivity contribution in [3.63, 3.8) is 0 Å². The molecule has 1 amide bonds. The maximum Gasteiger partial charge on any atom is 0.256 e. The van der Waals surface area contributed by atoms with E-state index in [4.69, 9.17) is 14.6 Å². The van der Waals surface area contributed by atoms with E-state index in [1.54, 1.807) is 30.8 Å². The lowest BCUT2D eigenvalue weighted by Crippen LogP contribution is -2.27. The molecule has 0 atom stereocenters. The third kappa shape index (κ3) is 5.44. The Hall–Kier alpha value is -2.87. The highest BCUT2D eigenvalue weighted by atomic mass is 32.1. The Bertz CT molecular complexity index is 1040. The highest BCUT2D eigenvalue weighted by Gasteiger charge is 2.26. The predicted molar refractivity (Wildman–Crippen MR) is 123 cm³/mol. The van der Waals surface area contributed by atoms with Crippen LogP contribution < -0.4 is 14.8 Å². The molecule has 0 aliphatic heterocycles. The normalized spacial score (nSPS) is 12.0. The van der Waals surface area contributed by atoms with Gasteiger partial charge in [-0.3, -0.25) is 4.79 Å². The number of hydrogen-bond acceptors (Lipinski definition) is 6. The first-order valence-corrected chi connectivity index (χ1v) is 11.0. The van der Waals surface area contributed by atoms with Gasteiger partial charge in [0, 0.05) is 22.4 Å². The lowest BCUT2D eigenvalue weighted by atomic mass is 9.92. The van der Waals surface area contributed by atoms with Crippen molar-refractivity contribution in [2.75, 3.05) is 12.4 Å². The van der Waals surface area contributed by atoms with Crippen molar-refractivity contribution < 1.29 is 14.3 Å². The number of carbonyl (C=O) groups is 1. The van der Waals surface area contributed by atoms with Gasteiger partial charge in [0.05, 0.1) is 29.5 Å². The van der Waals surface area contributed by atoms with Gasteiger partial charge in [0.25, 0.3) is 5.91 Å². The lowest BCUT2D eigenvalue weighted by Gasteiger charge is -2.23. The summed E-state index contributed by atoms with van der Waals surface area (Å²) in [6.45, 7) is 12.8. The van der Waals surface area contributed by atoms with Gasteiger partial charge in [-0.05, 0) is 39.0 Å². The maximum atomic E-state index is 13.0. The molecule has 0 radical (unpaired) electrons. The molecular weight excluding hydrogens is 412 g/mol. The van der Waals surface area contributed by atoms with E-state index in [9.17, 15) is 4.79 Å². The summed E-state index contributed by atoms with van der Waals surface area (Å²) in [4.78, 5) is 17.2. The highest BCUT2D eigenvalue weighted by Crippen LogP contribution is 2.31. The van der Waals surface area contributed by atoms with E-state index in [0.717, 1.165) is 11.4 Å². The number of carbonyl (C=O) groups excluding carboxylic acids is 1. The quantitative estimate of drug-likeness (QED) is 0.565. The molecule has 8 heteroatoms. The smallest absolute Gasteiger partial charge is 0.256 e. The molecule has 0 fully saturated rings. The van der Waals surface area contributed by atoms with Crippen LogP contribution >= 0.6 is 11.3 Å². The summed E-state index contributed by atoms with van der Waals surface area (Å²) < 4.78 is 13.1. The Morgan fingerprint density at radius 3 is 2.45 bits per heavy atom. The Morgan fingerprint density at radius 2 is 1.87 bits per heavy atom. The monoisotopic (exact) mass is 442 g/mol. The number of hydrogen-bond donors (Lipinski definition) is 1. The molecule has 1 N–H and O–H groups in total. The van der Waals surface area contributed by atoms with Crippen LogP contribution in [0.15, 0.2) is 35.2 Å². The van der Waals surface area contributed by atoms with E-state index in [2.05, 4.69) is 51.8 Å². The van der Waals surface area contributed by atoms with Crippen LogP contribution in [-0.2, 0) is 17.6 Å². The minimum Gasteiger partial charge on any atom is -0.493 e. The van der Waals surface area contributed by atoms with Crippen LogP contribution in [0, 0.1) is 0 Å². The standard InChI is InChI=1S/C23H30N4O3S/c1-22(2,3)19-11-20(27(26-19)23(4,5)6)25-21(28)15-8-9-17(18(10-15)29-7)30-12-16-13-31-14-24-16/h8-11,13-14H,12H2,1-7H3,(H,25,28). The van der Waals surface area contributed by atoms with Crippen molar-refractivity contribution in [1.29, 1.82) is 0 Å². The van der Waals surface area contributed by atoms with Gasteiger partial charge in [-0.1, -0.05) is 20.8 Å². The van der Waals surface area contributed by atoms with Crippen LogP contribution in [0.2, 0.25) is 0 Å². The first-order valence-electron chi connectivity index (χ1n) is 10.1. The Kier molecular flexibility index (Phi) is 6.40. The predicted octanol–water partition coefficient (Wildman–Crippen LogP) is 5.23. The highest BCUT2D eigenvalue weighted by molar-refractivity contribution is 7.07. The molecule has 0 aliphatic rings. The van der Waals surface area contributed by atoms with Crippen molar-refractivity contribution in [2.45, 2.75) is 59.1 Å². The third-order valence-corrected chi connectivity index (χ3v) is 5.27. The summed E-state index contributed by atoms with van der Waals surface area (Å²) >= 11 is 1.52. The maximum absolute atomic E-state index is 13.0. The number of thiazole rings is 1. The van der Waals surface area contributed by atoms with Crippen molar-refractivity contribution in [3.8, 4) is 11.5 Å².